The standard InChI is InChI=1S/C13H12N2O4S/c16-13-4-2-1-3-10(13)9-14-15-11-5-7-12(8-6-11)20(17,18)19/h1-9,15-16H,(H,17,18,19). The number of hydrogen-bond acceptors (Lipinski definition) is 5. The summed E-state index contributed by atoms with van der Waals surface area (Å²) in [5.41, 5.74) is 3.78. The molecule has 0 radical (unpaired) electrons. The normalized spacial score (nSPS) is 11.7. The number of hydrazone groups is 1. The zero-order valence-corrected chi connectivity index (χ0v) is 11.1. The number of anilines is 1. The van der Waals surface area contributed by atoms with E-state index in [0.717, 1.165) is 0 Å². The first-order chi connectivity index (χ1) is 9.47. The fraction of sp³-hybridized carbons (Fsp3) is 0. The fourth-order valence-corrected chi connectivity index (χ4v) is 1.95. The summed E-state index contributed by atoms with van der Waals surface area (Å²) in [6.07, 6.45) is 1.44. The quantitative estimate of drug-likeness (QED) is 0.455. The molecule has 0 amide bonds. The number of para-hydroxylation sites is 1. The Morgan fingerprint density at radius 3 is 2.30 bits per heavy atom. The predicted molar refractivity (Wildman–Crippen MR) is 75.6 cm³/mol. The molecule has 7 heteroatoms. The van der Waals surface area contributed by atoms with Gasteiger partial charge in [-0.05, 0) is 36.4 Å². The third-order valence-electron chi connectivity index (χ3n) is 2.49. The SMILES string of the molecule is O=S(=O)(O)c1ccc(NN=Cc2ccccc2O)cc1. The van der Waals surface area contributed by atoms with Crippen molar-refractivity contribution in [2.45, 2.75) is 4.90 Å². The van der Waals surface area contributed by atoms with E-state index in [-0.39, 0.29) is 10.6 Å². The molecule has 0 saturated carbocycles. The minimum absolute atomic E-state index is 0.111. The molecule has 0 saturated heterocycles. The maximum absolute atomic E-state index is 10.9. The number of phenols is 1. The van der Waals surface area contributed by atoms with E-state index in [1.807, 2.05) is 0 Å². The fourth-order valence-electron chi connectivity index (χ4n) is 1.47. The summed E-state index contributed by atoms with van der Waals surface area (Å²) in [7, 11) is -4.19. The molecule has 104 valence electrons. The van der Waals surface area contributed by atoms with Crippen LogP contribution in [-0.2, 0) is 10.1 Å². The van der Waals surface area contributed by atoms with Crippen LogP contribution in [-0.4, -0.2) is 24.3 Å². The Morgan fingerprint density at radius 2 is 1.70 bits per heavy atom. The Balaban J connectivity index is 2.07. The molecule has 2 aromatic rings. The molecule has 0 unspecified atom stereocenters. The first kappa shape index (κ1) is 14.0. The van der Waals surface area contributed by atoms with Gasteiger partial charge in [0, 0.05) is 5.56 Å². The number of rotatable bonds is 4. The van der Waals surface area contributed by atoms with Gasteiger partial charge >= 0.3 is 0 Å². The lowest BCUT2D eigenvalue weighted by Crippen LogP contribution is -1.98. The topological polar surface area (TPSA) is 99.0 Å². The molecular formula is C13H12N2O4S. The highest BCUT2D eigenvalue weighted by Gasteiger charge is 2.07. The molecule has 3 N–H and O–H groups in total. The van der Waals surface area contributed by atoms with Crippen molar-refractivity contribution in [1.29, 1.82) is 0 Å². The molecule has 2 aromatic carbocycles. The molecule has 0 bridgehead atoms. The Kier molecular flexibility index (Phi) is 4.02. The van der Waals surface area contributed by atoms with Gasteiger partial charge in [0.15, 0.2) is 0 Å². The molecule has 0 aliphatic heterocycles. The van der Waals surface area contributed by atoms with Gasteiger partial charge in [0.25, 0.3) is 10.1 Å². The summed E-state index contributed by atoms with van der Waals surface area (Å²) in [5.74, 6) is 0.111. The first-order valence-corrected chi connectivity index (χ1v) is 7.05. The van der Waals surface area contributed by atoms with Crippen molar-refractivity contribution in [2.24, 2.45) is 5.10 Å². The second-order valence-electron chi connectivity index (χ2n) is 3.93. The minimum Gasteiger partial charge on any atom is -0.507 e. The van der Waals surface area contributed by atoms with E-state index in [1.165, 1.54) is 30.5 Å². The van der Waals surface area contributed by atoms with Gasteiger partial charge in [-0.25, -0.2) is 0 Å². The highest BCUT2D eigenvalue weighted by molar-refractivity contribution is 7.85. The largest absolute Gasteiger partial charge is 0.507 e. The average Bonchev–Trinajstić information content (AvgIpc) is 2.40. The maximum atomic E-state index is 10.9. The summed E-state index contributed by atoms with van der Waals surface area (Å²) in [4.78, 5) is -0.187. The average molecular weight is 292 g/mol. The second kappa shape index (κ2) is 5.72. The molecule has 0 heterocycles. The van der Waals surface area contributed by atoms with Gasteiger partial charge in [0.05, 0.1) is 16.8 Å². The Hall–Kier alpha value is -2.38. The summed E-state index contributed by atoms with van der Waals surface area (Å²) in [6, 6.07) is 12.2. The highest BCUT2D eigenvalue weighted by atomic mass is 32.2. The van der Waals surface area contributed by atoms with E-state index < -0.39 is 10.1 Å². The van der Waals surface area contributed by atoms with E-state index in [0.29, 0.717) is 11.3 Å². The van der Waals surface area contributed by atoms with Gasteiger partial charge in [-0.15, -0.1) is 0 Å². The summed E-state index contributed by atoms with van der Waals surface area (Å²) < 4.78 is 30.5. The smallest absolute Gasteiger partial charge is 0.294 e. The number of nitrogens with zero attached hydrogens (tertiary/aromatic N) is 1. The monoisotopic (exact) mass is 292 g/mol. The van der Waals surface area contributed by atoms with Crippen LogP contribution in [0.25, 0.3) is 0 Å². The zero-order valence-electron chi connectivity index (χ0n) is 10.3. The maximum Gasteiger partial charge on any atom is 0.294 e. The zero-order chi connectivity index (χ0) is 14.6. The molecule has 20 heavy (non-hydrogen) atoms. The molecule has 6 nitrogen and oxygen atoms in total. The van der Waals surface area contributed by atoms with Crippen molar-refractivity contribution in [1.82, 2.24) is 0 Å². The van der Waals surface area contributed by atoms with Gasteiger partial charge in [0.2, 0.25) is 0 Å². The molecule has 0 aromatic heterocycles. The lowest BCUT2D eigenvalue weighted by atomic mass is 10.2. The molecule has 0 aliphatic carbocycles. The van der Waals surface area contributed by atoms with E-state index >= 15 is 0 Å². The third-order valence-corrected chi connectivity index (χ3v) is 3.35. The van der Waals surface area contributed by atoms with Crippen molar-refractivity contribution >= 4 is 22.0 Å². The van der Waals surface area contributed by atoms with Crippen LogP contribution in [0.5, 0.6) is 5.75 Å². The Bertz CT molecular complexity index is 724. The summed E-state index contributed by atoms with van der Waals surface area (Å²) in [6.45, 7) is 0. The molecule has 2 rings (SSSR count). The summed E-state index contributed by atoms with van der Waals surface area (Å²) >= 11 is 0. The van der Waals surface area contributed by atoms with Crippen LogP contribution < -0.4 is 5.43 Å². The van der Waals surface area contributed by atoms with Gasteiger partial charge in [0.1, 0.15) is 5.75 Å². The Labute approximate surface area is 116 Å². The number of nitrogens with one attached hydrogen (secondary N) is 1. The lowest BCUT2D eigenvalue weighted by molar-refractivity contribution is 0.474. The van der Waals surface area contributed by atoms with Crippen LogP contribution in [0.3, 0.4) is 0 Å². The predicted octanol–water partition coefficient (Wildman–Crippen LogP) is 2.08. The van der Waals surface area contributed by atoms with E-state index in [4.69, 9.17) is 4.55 Å². The van der Waals surface area contributed by atoms with Crippen LogP contribution in [0.1, 0.15) is 5.56 Å². The van der Waals surface area contributed by atoms with Gasteiger partial charge in [-0.1, -0.05) is 12.1 Å². The molecule has 0 fully saturated rings. The van der Waals surface area contributed by atoms with Crippen LogP contribution in [0.4, 0.5) is 5.69 Å². The molecular weight excluding hydrogens is 280 g/mol. The van der Waals surface area contributed by atoms with Gasteiger partial charge in [-0.3, -0.25) is 9.98 Å². The summed E-state index contributed by atoms with van der Waals surface area (Å²) in [5, 5.41) is 13.4. The van der Waals surface area contributed by atoms with Crippen LogP contribution in [0.2, 0.25) is 0 Å². The van der Waals surface area contributed by atoms with Crippen molar-refractivity contribution in [3.63, 3.8) is 0 Å². The van der Waals surface area contributed by atoms with Crippen molar-refractivity contribution < 1.29 is 18.1 Å². The van der Waals surface area contributed by atoms with Crippen molar-refractivity contribution in [3.05, 3.63) is 54.1 Å². The van der Waals surface area contributed by atoms with Gasteiger partial charge < -0.3 is 5.11 Å². The second-order valence-corrected chi connectivity index (χ2v) is 5.35. The highest BCUT2D eigenvalue weighted by Crippen LogP contribution is 2.15. The lowest BCUT2D eigenvalue weighted by Gasteiger charge is -2.02. The number of aromatic hydroxyl groups is 1. The molecule has 0 atom stereocenters. The molecule has 0 spiro atoms. The van der Waals surface area contributed by atoms with Crippen molar-refractivity contribution in [2.75, 3.05) is 5.43 Å². The third kappa shape index (κ3) is 3.56. The van der Waals surface area contributed by atoms with Crippen LogP contribution in [0, 0.1) is 0 Å². The van der Waals surface area contributed by atoms with Gasteiger partial charge in [-0.2, -0.15) is 13.5 Å². The van der Waals surface area contributed by atoms with Crippen LogP contribution >= 0.6 is 0 Å². The minimum atomic E-state index is -4.19. The Morgan fingerprint density at radius 1 is 1.05 bits per heavy atom. The van der Waals surface area contributed by atoms with Crippen molar-refractivity contribution in [3.8, 4) is 5.75 Å². The van der Waals surface area contributed by atoms with E-state index in [2.05, 4.69) is 10.5 Å². The number of phenolic OH excluding ortho intramolecular Hbond substituents is 1. The molecule has 0 aliphatic rings. The first-order valence-electron chi connectivity index (χ1n) is 5.61. The van der Waals surface area contributed by atoms with Crippen LogP contribution in [0.15, 0.2) is 58.5 Å². The van der Waals surface area contributed by atoms with E-state index in [9.17, 15) is 13.5 Å². The van der Waals surface area contributed by atoms with E-state index in [1.54, 1.807) is 24.3 Å². The number of benzene rings is 2. The number of hydrogen-bond donors (Lipinski definition) is 3.